The van der Waals surface area contributed by atoms with E-state index in [-0.39, 0.29) is 5.56 Å². The van der Waals surface area contributed by atoms with Crippen molar-refractivity contribution in [3.8, 4) is 11.8 Å². The maximum absolute atomic E-state index is 10.6. The summed E-state index contributed by atoms with van der Waals surface area (Å²) in [7, 11) is 0. The van der Waals surface area contributed by atoms with Crippen LogP contribution in [0.4, 0.5) is 0 Å². The van der Waals surface area contributed by atoms with Crippen molar-refractivity contribution in [3.63, 3.8) is 0 Å². The van der Waals surface area contributed by atoms with E-state index in [4.69, 9.17) is 0 Å². The number of hydrogen-bond donors (Lipinski definition) is 1. The summed E-state index contributed by atoms with van der Waals surface area (Å²) >= 11 is 0. The zero-order chi connectivity index (χ0) is 8.97. The van der Waals surface area contributed by atoms with Crippen LogP contribution in [0.2, 0.25) is 0 Å². The first-order valence-electron chi connectivity index (χ1n) is 3.76. The molecule has 0 saturated heterocycles. The molecule has 0 aliphatic heterocycles. The highest BCUT2D eigenvalue weighted by Gasteiger charge is 1.87. The van der Waals surface area contributed by atoms with Crippen LogP contribution in [-0.4, -0.2) is 10.2 Å². The van der Waals surface area contributed by atoms with Crippen LogP contribution >= 0.6 is 0 Å². The van der Waals surface area contributed by atoms with Crippen molar-refractivity contribution >= 4 is 0 Å². The second kappa shape index (κ2) is 3.72. The molecular formula is C9H10N2O. The number of H-pyrrole nitrogens is 1. The van der Waals surface area contributed by atoms with Gasteiger partial charge in [0.1, 0.15) is 5.69 Å². The van der Waals surface area contributed by atoms with Crippen molar-refractivity contribution in [2.24, 2.45) is 5.92 Å². The Kier molecular flexibility index (Phi) is 2.65. The van der Waals surface area contributed by atoms with E-state index in [1.807, 2.05) is 13.8 Å². The third-order valence-corrected chi connectivity index (χ3v) is 1.17. The summed E-state index contributed by atoms with van der Waals surface area (Å²) in [5.74, 6) is 6.10. The highest BCUT2D eigenvalue weighted by atomic mass is 16.1. The summed E-state index contributed by atoms with van der Waals surface area (Å²) < 4.78 is 0. The number of nitrogens with one attached hydrogen (secondary N) is 1. The molecular weight excluding hydrogens is 152 g/mol. The van der Waals surface area contributed by atoms with Crippen LogP contribution in [0, 0.1) is 17.8 Å². The van der Waals surface area contributed by atoms with Crippen LogP contribution in [0.3, 0.4) is 0 Å². The lowest BCUT2D eigenvalue weighted by molar-refractivity contribution is 0.865. The molecule has 0 radical (unpaired) electrons. The second-order valence-corrected chi connectivity index (χ2v) is 2.73. The van der Waals surface area contributed by atoms with Crippen molar-refractivity contribution in [2.75, 3.05) is 0 Å². The number of hydrogen-bond acceptors (Lipinski definition) is 2. The molecule has 1 aromatic heterocycles. The molecule has 0 unspecified atom stereocenters. The van der Waals surface area contributed by atoms with Crippen LogP contribution in [0.25, 0.3) is 0 Å². The fraction of sp³-hybridized carbons (Fsp3) is 0.333. The molecule has 62 valence electrons. The van der Waals surface area contributed by atoms with Gasteiger partial charge >= 0.3 is 0 Å². The summed E-state index contributed by atoms with van der Waals surface area (Å²) in [5, 5.41) is 6.05. The molecule has 3 heteroatoms. The van der Waals surface area contributed by atoms with Gasteiger partial charge < -0.3 is 0 Å². The summed E-state index contributed by atoms with van der Waals surface area (Å²) in [6, 6.07) is 3.02. The highest BCUT2D eigenvalue weighted by Crippen LogP contribution is 1.89. The number of aromatic nitrogens is 2. The van der Waals surface area contributed by atoms with Gasteiger partial charge in [-0.2, -0.15) is 5.10 Å². The van der Waals surface area contributed by atoms with Crippen LogP contribution < -0.4 is 5.56 Å². The van der Waals surface area contributed by atoms with E-state index in [2.05, 4.69) is 22.0 Å². The number of aromatic amines is 1. The fourth-order valence-electron chi connectivity index (χ4n) is 0.632. The van der Waals surface area contributed by atoms with E-state index in [1.54, 1.807) is 6.07 Å². The maximum atomic E-state index is 10.6. The normalized spacial score (nSPS) is 9.25. The molecule has 1 heterocycles. The van der Waals surface area contributed by atoms with Gasteiger partial charge in [0.15, 0.2) is 0 Å². The molecule has 0 aromatic carbocycles. The van der Waals surface area contributed by atoms with Crippen LogP contribution in [0.15, 0.2) is 16.9 Å². The van der Waals surface area contributed by atoms with Crippen molar-refractivity contribution < 1.29 is 0 Å². The van der Waals surface area contributed by atoms with Crippen molar-refractivity contribution in [1.82, 2.24) is 10.2 Å². The summed E-state index contributed by atoms with van der Waals surface area (Å²) in [6.45, 7) is 4.00. The molecule has 0 atom stereocenters. The Morgan fingerprint density at radius 2 is 2.25 bits per heavy atom. The third kappa shape index (κ3) is 2.59. The lowest BCUT2D eigenvalue weighted by Gasteiger charge is -1.88. The van der Waals surface area contributed by atoms with E-state index < -0.39 is 0 Å². The molecule has 12 heavy (non-hydrogen) atoms. The predicted octanol–water partition coefficient (Wildman–Crippen LogP) is 0.777. The molecule has 0 aliphatic carbocycles. The fourth-order valence-corrected chi connectivity index (χ4v) is 0.632. The zero-order valence-corrected chi connectivity index (χ0v) is 7.09. The monoisotopic (exact) mass is 162 g/mol. The Labute approximate surface area is 70.8 Å². The average Bonchev–Trinajstić information content (AvgIpc) is 2.03. The van der Waals surface area contributed by atoms with Crippen molar-refractivity contribution in [2.45, 2.75) is 13.8 Å². The third-order valence-electron chi connectivity index (χ3n) is 1.17. The Balaban J connectivity index is 2.87. The van der Waals surface area contributed by atoms with Gasteiger partial charge in [0.2, 0.25) is 0 Å². The second-order valence-electron chi connectivity index (χ2n) is 2.73. The number of nitrogens with zero attached hydrogens (tertiary/aromatic N) is 1. The first kappa shape index (κ1) is 8.54. The molecule has 0 bridgehead atoms. The average molecular weight is 162 g/mol. The van der Waals surface area contributed by atoms with Crippen molar-refractivity contribution in [3.05, 3.63) is 28.2 Å². The zero-order valence-electron chi connectivity index (χ0n) is 7.09. The van der Waals surface area contributed by atoms with Gasteiger partial charge in [0.05, 0.1) is 0 Å². The maximum Gasteiger partial charge on any atom is 0.264 e. The lowest BCUT2D eigenvalue weighted by Crippen LogP contribution is -2.05. The summed E-state index contributed by atoms with van der Waals surface area (Å²) in [4.78, 5) is 10.6. The molecule has 1 aromatic rings. The quantitative estimate of drug-likeness (QED) is 0.573. The van der Waals surface area contributed by atoms with Gasteiger partial charge in [-0.1, -0.05) is 19.8 Å². The first-order valence-corrected chi connectivity index (χ1v) is 3.76. The van der Waals surface area contributed by atoms with E-state index in [9.17, 15) is 4.79 Å². The largest absolute Gasteiger partial charge is 0.268 e. The Bertz CT molecular complexity index is 348. The van der Waals surface area contributed by atoms with Gasteiger partial charge in [-0.25, -0.2) is 5.10 Å². The van der Waals surface area contributed by atoms with Gasteiger partial charge in [-0.05, 0) is 12.0 Å². The first-order chi connectivity index (χ1) is 5.68. The highest BCUT2D eigenvalue weighted by molar-refractivity contribution is 5.25. The minimum Gasteiger partial charge on any atom is -0.268 e. The molecule has 0 aliphatic rings. The standard InChI is InChI=1S/C9H10N2O/c1-7(2)3-4-8-5-6-9(12)11-10-8/h5-7H,1-2H3,(H,11,12). The minimum atomic E-state index is -0.204. The van der Waals surface area contributed by atoms with E-state index in [0.717, 1.165) is 0 Å². The van der Waals surface area contributed by atoms with Crippen molar-refractivity contribution in [1.29, 1.82) is 0 Å². The van der Waals surface area contributed by atoms with Gasteiger partial charge in [-0.15, -0.1) is 0 Å². The van der Waals surface area contributed by atoms with E-state index in [0.29, 0.717) is 11.6 Å². The Morgan fingerprint density at radius 3 is 2.75 bits per heavy atom. The topological polar surface area (TPSA) is 45.8 Å². The van der Waals surface area contributed by atoms with Crippen LogP contribution in [-0.2, 0) is 0 Å². The van der Waals surface area contributed by atoms with Gasteiger partial charge in [0.25, 0.3) is 5.56 Å². The molecule has 0 saturated carbocycles. The SMILES string of the molecule is CC(C)C#Cc1ccc(=O)[nH]n1. The van der Waals surface area contributed by atoms with Crippen LogP contribution in [0.5, 0.6) is 0 Å². The predicted molar refractivity (Wildman–Crippen MR) is 46.6 cm³/mol. The molecule has 0 fully saturated rings. The molecule has 1 N–H and O–H groups in total. The Hall–Kier alpha value is -1.56. The summed E-state index contributed by atoms with van der Waals surface area (Å²) in [5.41, 5.74) is 0.397. The smallest absolute Gasteiger partial charge is 0.264 e. The van der Waals surface area contributed by atoms with E-state index in [1.165, 1.54) is 6.07 Å². The van der Waals surface area contributed by atoms with Gasteiger partial charge in [0, 0.05) is 12.0 Å². The molecule has 1 rings (SSSR count). The molecule has 0 amide bonds. The van der Waals surface area contributed by atoms with Crippen LogP contribution in [0.1, 0.15) is 19.5 Å². The molecule has 0 spiro atoms. The Morgan fingerprint density at radius 1 is 1.50 bits per heavy atom. The number of rotatable bonds is 0. The minimum absolute atomic E-state index is 0.204. The van der Waals surface area contributed by atoms with Gasteiger partial charge in [-0.3, -0.25) is 4.79 Å². The van der Waals surface area contributed by atoms with E-state index >= 15 is 0 Å². The lowest BCUT2D eigenvalue weighted by atomic mass is 10.2. The molecule has 3 nitrogen and oxygen atoms in total. The summed E-state index contributed by atoms with van der Waals surface area (Å²) in [6.07, 6.45) is 0.